The second-order valence-corrected chi connectivity index (χ2v) is 6.85. The maximum Gasteiger partial charge on any atom is 0.280 e. The van der Waals surface area contributed by atoms with Gasteiger partial charge in [0.25, 0.3) is 9.05 Å². The van der Waals surface area contributed by atoms with Crippen molar-refractivity contribution in [3.05, 3.63) is 46.6 Å². The normalized spacial score (nSPS) is 11.8. The van der Waals surface area contributed by atoms with E-state index in [0.717, 1.165) is 0 Å². The Labute approximate surface area is 119 Å². The van der Waals surface area contributed by atoms with Crippen LogP contribution in [-0.2, 0) is 15.6 Å². The molecule has 0 aliphatic carbocycles. The van der Waals surface area contributed by atoms with Crippen molar-refractivity contribution in [2.24, 2.45) is 0 Å². The van der Waals surface area contributed by atoms with Crippen LogP contribution >= 0.6 is 22.3 Å². The lowest BCUT2D eigenvalue weighted by atomic mass is 10.2. The Balaban J connectivity index is 2.36. The monoisotopic (exact) mass is 322 g/mol. The van der Waals surface area contributed by atoms with Gasteiger partial charge in [-0.25, -0.2) is 17.8 Å². The van der Waals surface area contributed by atoms with Crippen LogP contribution in [0.2, 0.25) is 5.02 Å². The van der Waals surface area contributed by atoms with Crippen LogP contribution in [0.25, 0.3) is 0 Å². The highest BCUT2D eigenvalue weighted by atomic mass is 35.7. The zero-order chi connectivity index (χ0) is 14.2. The SMILES string of the molecule is Cc1nc(S(=O)(=O)Cl)cn1Cc1ccc(F)cc1Cl. The molecular weight excluding hydrogens is 314 g/mol. The fourth-order valence-electron chi connectivity index (χ4n) is 1.59. The van der Waals surface area contributed by atoms with Gasteiger partial charge < -0.3 is 4.57 Å². The molecule has 8 heteroatoms. The van der Waals surface area contributed by atoms with Crippen molar-refractivity contribution in [1.82, 2.24) is 9.55 Å². The first kappa shape index (κ1) is 14.3. The maximum absolute atomic E-state index is 12.9. The standard InChI is InChI=1S/C11H9Cl2FN2O2S/c1-7-15-11(19(13,17)18)6-16(7)5-8-2-3-9(14)4-10(8)12/h2-4,6H,5H2,1H3. The van der Waals surface area contributed by atoms with E-state index in [1.165, 1.54) is 24.4 Å². The number of rotatable bonds is 3. The minimum Gasteiger partial charge on any atom is -0.329 e. The van der Waals surface area contributed by atoms with Crippen LogP contribution < -0.4 is 0 Å². The van der Waals surface area contributed by atoms with Gasteiger partial charge in [-0.15, -0.1) is 0 Å². The van der Waals surface area contributed by atoms with E-state index in [-0.39, 0.29) is 16.6 Å². The second kappa shape index (κ2) is 5.11. The second-order valence-electron chi connectivity index (χ2n) is 3.93. The van der Waals surface area contributed by atoms with E-state index in [9.17, 15) is 12.8 Å². The molecule has 102 valence electrons. The third kappa shape index (κ3) is 3.26. The van der Waals surface area contributed by atoms with Gasteiger partial charge in [-0.3, -0.25) is 0 Å². The fourth-order valence-corrected chi connectivity index (χ4v) is 2.53. The minimum atomic E-state index is -3.87. The zero-order valence-corrected chi connectivity index (χ0v) is 12.1. The molecule has 0 aliphatic heterocycles. The number of aryl methyl sites for hydroxylation is 1. The van der Waals surface area contributed by atoms with Gasteiger partial charge in [-0.2, -0.15) is 0 Å². The van der Waals surface area contributed by atoms with Crippen molar-refractivity contribution >= 4 is 31.3 Å². The smallest absolute Gasteiger partial charge is 0.280 e. The Kier molecular flexibility index (Phi) is 3.85. The summed E-state index contributed by atoms with van der Waals surface area (Å²) in [7, 11) is 1.35. The van der Waals surface area contributed by atoms with Crippen LogP contribution in [0.4, 0.5) is 4.39 Å². The van der Waals surface area contributed by atoms with Gasteiger partial charge in [0.15, 0.2) is 5.03 Å². The molecule has 0 radical (unpaired) electrons. The van der Waals surface area contributed by atoms with Crippen molar-refractivity contribution in [3.8, 4) is 0 Å². The van der Waals surface area contributed by atoms with E-state index in [1.807, 2.05) is 0 Å². The number of hydrogen-bond donors (Lipinski definition) is 0. The van der Waals surface area contributed by atoms with E-state index in [1.54, 1.807) is 11.5 Å². The fraction of sp³-hybridized carbons (Fsp3) is 0.182. The first-order chi connectivity index (χ1) is 8.77. The molecule has 0 spiro atoms. The first-order valence-electron chi connectivity index (χ1n) is 5.20. The summed E-state index contributed by atoms with van der Waals surface area (Å²) in [4.78, 5) is 3.85. The summed E-state index contributed by atoms with van der Waals surface area (Å²) in [5.74, 6) is 0.0414. The summed E-state index contributed by atoms with van der Waals surface area (Å²) in [5, 5.41) is 0.0493. The molecular formula is C11H9Cl2FN2O2S. The molecule has 0 atom stereocenters. The number of nitrogens with zero attached hydrogens (tertiary/aromatic N) is 2. The lowest BCUT2D eigenvalue weighted by Crippen LogP contribution is -2.01. The van der Waals surface area contributed by atoms with Crippen molar-refractivity contribution < 1.29 is 12.8 Å². The molecule has 0 fully saturated rings. The molecule has 19 heavy (non-hydrogen) atoms. The van der Waals surface area contributed by atoms with Crippen molar-refractivity contribution in [2.45, 2.75) is 18.5 Å². The summed E-state index contributed by atoms with van der Waals surface area (Å²) in [5.41, 5.74) is 0.655. The molecule has 0 N–H and O–H groups in total. The molecule has 0 amide bonds. The Morgan fingerprint density at radius 1 is 1.42 bits per heavy atom. The summed E-state index contributed by atoms with van der Waals surface area (Å²) in [6.07, 6.45) is 1.32. The third-order valence-electron chi connectivity index (χ3n) is 2.56. The number of hydrogen-bond acceptors (Lipinski definition) is 3. The van der Waals surface area contributed by atoms with E-state index >= 15 is 0 Å². The van der Waals surface area contributed by atoms with Crippen molar-refractivity contribution in [1.29, 1.82) is 0 Å². The molecule has 1 aromatic heterocycles. The number of halogens is 3. The Hall–Kier alpha value is -1.11. The highest BCUT2D eigenvalue weighted by molar-refractivity contribution is 8.13. The largest absolute Gasteiger partial charge is 0.329 e. The molecule has 2 aromatic rings. The molecule has 1 aromatic carbocycles. The molecule has 1 heterocycles. The quantitative estimate of drug-likeness (QED) is 0.816. The topological polar surface area (TPSA) is 52.0 Å². The van der Waals surface area contributed by atoms with Crippen LogP contribution in [0, 0.1) is 12.7 Å². The van der Waals surface area contributed by atoms with E-state index in [4.69, 9.17) is 22.3 Å². The minimum absolute atomic E-state index is 0.218. The summed E-state index contributed by atoms with van der Waals surface area (Å²) < 4.78 is 36.9. The van der Waals surface area contributed by atoms with E-state index in [0.29, 0.717) is 11.4 Å². The van der Waals surface area contributed by atoms with Gasteiger partial charge in [0.05, 0.1) is 6.54 Å². The van der Waals surface area contributed by atoms with Gasteiger partial charge in [-0.05, 0) is 24.6 Å². The van der Waals surface area contributed by atoms with E-state index < -0.39 is 14.9 Å². The van der Waals surface area contributed by atoms with Gasteiger partial charge in [-0.1, -0.05) is 17.7 Å². The predicted molar refractivity (Wildman–Crippen MR) is 70.5 cm³/mol. The van der Waals surface area contributed by atoms with Crippen LogP contribution in [0.1, 0.15) is 11.4 Å². The highest BCUT2D eigenvalue weighted by Crippen LogP contribution is 2.20. The van der Waals surface area contributed by atoms with Gasteiger partial charge in [0, 0.05) is 21.9 Å². The molecule has 0 saturated heterocycles. The zero-order valence-electron chi connectivity index (χ0n) is 9.77. The molecule has 0 unspecified atom stereocenters. The molecule has 0 saturated carbocycles. The van der Waals surface area contributed by atoms with Crippen LogP contribution in [-0.4, -0.2) is 18.0 Å². The van der Waals surface area contributed by atoms with Crippen molar-refractivity contribution in [3.63, 3.8) is 0 Å². The van der Waals surface area contributed by atoms with E-state index in [2.05, 4.69) is 4.98 Å². The average Bonchev–Trinajstić information content (AvgIpc) is 2.64. The van der Waals surface area contributed by atoms with Crippen molar-refractivity contribution in [2.75, 3.05) is 0 Å². The Morgan fingerprint density at radius 2 is 2.11 bits per heavy atom. The van der Waals surface area contributed by atoms with Crippen LogP contribution in [0.3, 0.4) is 0 Å². The number of imidazole rings is 1. The molecule has 2 rings (SSSR count). The Morgan fingerprint density at radius 3 is 2.63 bits per heavy atom. The summed E-state index contributed by atoms with van der Waals surface area (Å²) in [6.45, 7) is 1.92. The van der Waals surface area contributed by atoms with Gasteiger partial charge in [0.1, 0.15) is 11.6 Å². The van der Waals surface area contributed by atoms with Gasteiger partial charge in [0.2, 0.25) is 0 Å². The molecule has 0 aliphatic rings. The summed E-state index contributed by atoms with van der Waals surface area (Å²) >= 11 is 5.91. The molecule has 4 nitrogen and oxygen atoms in total. The number of aromatic nitrogens is 2. The lowest BCUT2D eigenvalue weighted by molar-refractivity contribution is 0.606. The van der Waals surface area contributed by atoms with Gasteiger partial charge >= 0.3 is 0 Å². The van der Waals surface area contributed by atoms with Crippen LogP contribution in [0.5, 0.6) is 0 Å². The Bertz CT molecular complexity index is 728. The average molecular weight is 323 g/mol. The third-order valence-corrected chi connectivity index (χ3v) is 4.08. The first-order valence-corrected chi connectivity index (χ1v) is 7.88. The maximum atomic E-state index is 12.9. The predicted octanol–water partition coefficient (Wildman–Crippen LogP) is 2.96. The number of benzene rings is 1. The van der Waals surface area contributed by atoms with Crippen LogP contribution in [0.15, 0.2) is 29.4 Å². The lowest BCUT2D eigenvalue weighted by Gasteiger charge is -2.06. The molecule has 0 bridgehead atoms. The highest BCUT2D eigenvalue weighted by Gasteiger charge is 2.16. The summed E-state index contributed by atoms with van der Waals surface area (Å²) in [6, 6.07) is 4.01.